The summed E-state index contributed by atoms with van der Waals surface area (Å²) in [7, 11) is 0. The Bertz CT molecular complexity index is 1420. The molecule has 1 aliphatic rings. The summed E-state index contributed by atoms with van der Waals surface area (Å²) in [5.41, 5.74) is 1.93. The van der Waals surface area contributed by atoms with E-state index in [2.05, 4.69) is 15.5 Å². The number of thioether (sulfide) groups is 1. The first kappa shape index (κ1) is 24.7. The predicted octanol–water partition coefficient (Wildman–Crippen LogP) is 2.85. The van der Waals surface area contributed by atoms with Gasteiger partial charge < -0.3 is 10.4 Å². The van der Waals surface area contributed by atoms with E-state index in [1.807, 2.05) is 59.2 Å². The van der Waals surface area contributed by atoms with Crippen LogP contribution < -0.4 is 5.32 Å². The first-order valence-corrected chi connectivity index (χ1v) is 12.9. The van der Waals surface area contributed by atoms with Crippen LogP contribution in [0, 0.1) is 0 Å². The lowest BCUT2D eigenvalue weighted by molar-refractivity contribution is -0.118. The van der Waals surface area contributed by atoms with Gasteiger partial charge in [-0.25, -0.2) is 0 Å². The monoisotopic (exact) mass is 515 g/mol. The zero-order valence-electron chi connectivity index (χ0n) is 20.0. The molecule has 2 heterocycles. The van der Waals surface area contributed by atoms with Crippen molar-refractivity contribution in [2.24, 2.45) is 0 Å². The van der Waals surface area contributed by atoms with Crippen LogP contribution in [0.5, 0.6) is 0 Å². The van der Waals surface area contributed by atoms with Crippen LogP contribution in [0.2, 0.25) is 0 Å². The van der Waals surface area contributed by atoms with Gasteiger partial charge in [-0.1, -0.05) is 54.2 Å². The zero-order chi connectivity index (χ0) is 25.8. The fraction of sp³-hybridized carbons (Fsp3) is 0.222. The summed E-state index contributed by atoms with van der Waals surface area (Å²) < 4.78 is 1.89. The number of hydrogen-bond acceptors (Lipinski definition) is 7. The maximum absolute atomic E-state index is 13.2. The van der Waals surface area contributed by atoms with Crippen LogP contribution >= 0.6 is 11.8 Å². The number of carbonyl (C=O) groups is 3. The van der Waals surface area contributed by atoms with Crippen molar-refractivity contribution >= 4 is 40.3 Å². The van der Waals surface area contributed by atoms with Crippen LogP contribution in [0.1, 0.15) is 33.0 Å². The first-order chi connectivity index (χ1) is 18.1. The molecule has 3 aromatic carbocycles. The standard InChI is InChI=1S/C27H25N5O4S/c33-16-14-28-23(34)17-37-27-30-29-22(32(27)19-9-2-1-3-10-19)13-6-15-31-25(35)20-11-4-7-18-8-5-12-21(24(18)20)26(31)36/h1-5,7-12,33H,6,13-17H2,(H,28,34). The molecule has 0 saturated carbocycles. The van der Waals surface area contributed by atoms with Crippen molar-refractivity contribution in [1.29, 1.82) is 0 Å². The van der Waals surface area contributed by atoms with E-state index in [0.29, 0.717) is 40.3 Å². The molecule has 3 amide bonds. The van der Waals surface area contributed by atoms with Gasteiger partial charge in [0.2, 0.25) is 5.91 Å². The quantitative estimate of drug-likeness (QED) is 0.246. The number of carbonyl (C=O) groups excluding carboxylic acids is 3. The second kappa shape index (κ2) is 10.9. The van der Waals surface area contributed by atoms with E-state index in [1.54, 1.807) is 12.1 Å². The van der Waals surface area contributed by atoms with E-state index in [1.165, 1.54) is 16.7 Å². The van der Waals surface area contributed by atoms with E-state index >= 15 is 0 Å². The third-order valence-corrected chi connectivity index (χ3v) is 7.05. The smallest absolute Gasteiger partial charge is 0.261 e. The number of aromatic nitrogens is 3. The van der Waals surface area contributed by atoms with E-state index in [9.17, 15) is 14.4 Å². The Labute approximate surface area is 217 Å². The number of para-hydroxylation sites is 1. The highest BCUT2D eigenvalue weighted by Crippen LogP contribution is 2.30. The van der Waals surface area contributed by atoms with Crippen molar-refractivity contribution in [3.05, 3.63) is 83.7 Å². The minimum Gasteiger partial charge on any atom is -0.395 e. The average Bonchev–Trinajstić information content (AvgIpc) is 3.34. The van der Waals surface area contributed by atoms with Gasteiger partial charge in [0.1, 0.15) is 5.82 Å². The predicted molar refractivity (Wildman–Crippen MR) is 140 cm³/mol. The van der Waals surface area contributed by atoms with Crippen molar-refractivity contribution < 1.29 is 19.5 Å². The zero-order valence-corrected chi connectivity index (χ0v) is 20.8. The summed E-state index contributed by atoms with van der Waals surface area (Å²) in [6, 6.07) is 20.6. The van der Waals surface area contributed by atoms with E-state index in [-0.39, 0.29) is 43.2 Å². The van der Waals surface area contributed by atoms with Crippen LogP contribution in [0.4, 0.5) is 0 Å². The molecule has 10 heteroatoms. The minimum absolute atomic E-state index is 0.122. The highest BCUT2D eigenvalue weighted by atomic mass is 32.2. The van der Waals surface area contributed by atoms with Crippen molar-refractivity contribution in [2.75, 3.05) is 25.4 Å². The number of benzene rings is 3. The Hall–Kier alpha value is -4.02. The minimum atomic E-state index is -0.288. The molecule has 1 aliphatic heterocycles. The van der Waals surface area contributed by atoms with E-state index < -0.39 is 0 Å². The molecule has 1 aromatic heterocycles. The number of aliphatic hydroxyl groups excluding tert-OH is 1. The molecule has 0 atom stereocenters. The van der Waals surface area contributed by atoms with Crippen LogP contribution in [0.15, 0.2) is 71.9 Å². The van der Waals surface area contributed by atoms with Gasteiger partial charge in [0.05, 0.1) is 12.4 Å². The lowest BCUT2D eigenvalue weighted by Crippen LogP contribution is -2.41. The van der Waals surface area contributed by atoms with Crippen LogP contribution in [0.3, 0.4) is 0 Å². The average molecular weight is 516 g/mol. The number of aliphatic hydroxyl groups is 1. The molecule has 0 saturated heterocycles. The summed E-state index contributed by atoms with van der Waals surface area (Å²) in [5.74, 6) is 0.0182. The van der Waals surface area contributed by atoms with Crippen LogP contribution in [-0.4, -0.2) is 67.9 Å². The SMILES string of the molecule is O=C(CSc1nnc(CCCN2C(=O)c3cccc4cccc(c34)C2=O)n1-c1ccccc1)NCCO. The van der Waals surface area contributed by atoms with Crippen molar-refractivity contribution in [2.45, 2.75) is 18.0 Å². The fourth-order valence-corrected chi connectivity index (χ4v) is 5.25. The van der Waals surface area contributed by atoms with Gasteiger partial charge in [0, 0.05) is 41.7 Å². The fourth-order valence-electron chi connectivity index (χ4n) is 4.45. The summed E-state index contributed by atoms with van der Waals surface area (Å²) in [6.45, 7) is 0.322. The maximum atomic E-state index is 13.2. The molecular weight excluding hydrogens is 490 g/mol. The van der Waals surface area contributed by atoms with Crippen molar-refractivity contribution in [3.63, 3.8) is 0 Å². The molecule has 0 bridgehead atoms. The Kier molecular flexibility index (Phi) is 7.29. The number of hydrogen-bond donors (Lipinski definition) is 2. The molecule has 0 radical (unpaired) electrons. The maximum Gasteiger partial charge on any atom is 0.261 e. The molecule has 188 valence electrons. The van der Waals surface area contributed by atoms with E-state index in [0.717, 1.165) is 11.1 Å². The van der Waals surface area contributed by atoms with Gasteiger partial charge in [0.15, 0.2) is 5.16 Å². The molecule has 2 N–H and O–H groups in total. The number of rotatable bonds is 10. The number of aryl methyl sites for hydroxylation is 1. The highest BCUT2D eigenvalue weighted by molar-refractivity contribution is 7.99. The second-order valence-corrected chi connectivity index (χ2v) is 9.45. The number of imide groups is 1. The van der Waals surface area contributed by atoms with Gasteiger partial charge >= 0.3 is 0 Å². The Morgan fingerprint density at radius 1 is 0.919 bits per heavy atom. The molecule has 37 heavy (non-hydrogen) atoms. The van der Waals surface area contributed by atoms with Crippen molar-refractivity contribution in [1.82, 2.24) is 25.0 Å². The first-order valence-electron chi connectivity index (χ1n) is 12.0. The number of amides is 3. The molecule has 0 aliphatic carbocycles. The second-order valence-electron chi connectivity index (χ2n) is 8.51. The molecule has 9 nitrogen and oxygen atoms in total. The van der Waals surface area contributed by atoms with Gasteiger partial charge in [-0.3, -0.25) is 23.9 Å². The largest absolute Gasteiger partial charge is 0.395 e. The number of nitrogens with zero attached hydrogens (tertiary/aromatic N) is 4. The van der Waals surface area contributed by atoms with Gasteiger partial charge in [-0.15, -0.1) is 10.2 Å². The third kappa shape index (κ3) is 4.98. The third-order valence-electron chi connectivity index (χ3n) is 6.12. The molecule has 0 unspecified atom stereocenters. The summed E-state index contributed by atoms with van der Waals surface area (Å²) in [5, 5.41) is 22.3. The van der Waals surface area contributed by atoms with Gasteiger partial charge in [-0.05, 0) is 36.1 Å². The highest BCUT2D eigenvalue weighted by Gasteiger charge is 2.32. The van der Waals surface area contributed by atoms with E-state index in [4.69, 9.17) is 5.11 Å². The Morgan fingerprint density at radius 3 is 2.30 bits per heavy atom. The lowest BCUT2D eigenvalue weighted by Gasteiger charge is -2.27. The van der Waals surface area contributed by atoms with Crippen molar-refractivity contribution in [3.8, 4) is 5.69 Å². The molecule has 0 fully saturated rings. The van der Waals surface area contributed by atoms with Gasteiger partial charge in [0.25, 0.3) is 11.8 Å². The molecular formula is C27H25N5O4S. The molecule has 5 rings (SSSR count). The lowest BCUT2D eigenvalue weighted by atomic mass is 9.94. The Balaban J connectivity index is 1.32. The summed E-state index contributed by atoms with van der Waals surface area (Å²) in [6.07, 6.45) is 0.977. The van der Waals surface area contributed by atoms with Crippen LogP contribution in [0.25, 0.3) is 16.5 Å². The normalized spacial score (nSPS) is 12.8. The summed E-state index contributed by atoms with van der Waals surface area (Å²) >= 11 is 1.25. The van der Waals surface area contributed by atoms with Gasteiger partial charge in [-0.2, -0.15) is 0 Å². The topological polar surface area (TPSA) is 117 Å². The number of nitrogens with one attached hydrogen (secondary N) is 1. The summed E-state index contributed by atoms with van der Waals surface area (Å²) in [4.78, 5) is 39.7. The molecule has 0 spiro atoms. The van der Waals surface area contributed by atoms with Crippen LogP contribution in [-0.2, 0) is 11.2 Å². The Morgan fingerprint density at radius 2 is 1.62 bits per heavy atom. The molecule has 4 aromatic rings.